The van der Waals surface area contributed by atoms with Crippen molar-refractivity contribution in [2.75, 3.05) is 26.7 Å². The third kappa shape index (κ3) is 4.79. The molecule has 3 aliphatic rings. The Labute approximate surface area is 192 Å². The van der Waals surface area contributed by atoms with Gasteiger partial charge >= 0.3 is 0 Å². The molecule has 4 rings (SSSR count). The third-order valence-electron chi connectivity index (χ3n) is 7.82. The van der Waals surface area contributed by atoms with E-state index in [1.54, 1.807) is 24.3 Å². The van der Waals surface area contributed by atoms with Gasteiger partial charge in [0.05, 0.1) is 0 Å². The molecule has 0 unspecified atom stereocenters. The Kier molecular flexibility index (Phi) is 7.06. The van der Waals surface area contributed by atoms with Crippen LogP contribution in [-0.4, -0.2) is 52.9 Å². The molecule has 1 aromatic rings. The van der Waals surface area contributed by atoms with E-state index in [-0.39, 0.29) is 29.0 Å². The molecule has 0 spiro atoms. The monoisotopic (exact) mass is 441 g/mol. The second kappa shape index (κ2) is 9.80. The Morgan fingerprint density at radius 3 is 2.28 bits per heavy atom. The molecule has 1 aromatic heterocycles. The molecule has 6 heteroatoms. The Balaban J connectivity index is 1.65. The molecule has 2 saturated carbocycles. The van der Waals surface area contributed by atoms with Gasteiger partial charge < -0.3 is 14.4 Å². The normalized spacial score (nSPS) is 23.9. The summed E-state index contributed by atoms with van der Waals surface area (Å²) in [4.78, 5) is 43.7. The van der Waals surface area contributed by atoms with Crippen LogP contribution in [0.2, 0.25) is 0 Å². The SMILES string of the molecule is CC(C)CN(C)C(=O)c1cn(C2CCCC2)cc(C(=O)N2CC[C@@H]3CCCC[C@H]3C2)c1=O. The topological polar surface area (TPSA) is 62.6 Å². The van der Waals surface area contributed by atoms with Crippen molar-refractivity contribution in [3.63, 3.8) is 0 Å². The van der Waals surface area contributed by atoms with Crippen LogP contribution in [0.1, 0.15) is 98.4 Å². The quantitative estimate of drug-likeness (QED) is 0.683. The average molecular weight is 442 g/mol. The zero-order valence-corrected chi connectivity index (χ0v) is 20.0. The fourth-order valence-electron chi connectivity index (χ4n) is 6.11. The van der Waals surface area contributed by atoms with Crippen molar-refractivity contribution >= 4 is 11.8 Å². The van der Waals surface area contributed by atoms with Gasteiger partial charge in [0.15, 0.2) is 0 Å². The molecule has 2 heterocycles. The molecule has 1 saturated heterocycles. The predicted octanol–water partition coefficient (Wildman–Crippen LogP) is 4.34. The summed E-state index contributed by atoms with van der Waals surface area (Å²) in [7, 11) is 1.74. The maximum atomic E-state index is 13.6. The molecular formula is C26H39N3O3. The molecule has 176 valence electrons. The summed E-state index contributed by atoms with van der Waals surface area (Å²) in [6.45, 7) is 6.14. The number of aromatic nitrogens is 1. The van der Waals surface area contributed by atoms with Crippen LogP contribution in [0.15, 0.2) is 17.2 Å². The van der Waals surface area contributed by atoms with E-state index in [9.17, 15) is 14.4 Å². The number of amides is 2. The summed E-state index contributed by atoms with van der Waals surface area (Å²) in [6.07, 6.45) is 13.8. The number of carbonyl (C=O) groups excluding carboxylic acids is 2. The third-order valence-corrected chi connectivity index (χ3v) is 7.82. The Morgan fingerprint density at radius 2 is 1.59 bits per heavy atom. The number of fused-ring (bicyclic) bond motifs is 1. The number of carbonyl (C=O) groups is 2. The fraction of sp³-hybridized carbons (Fsp3) is 0.731. The van der Waals surface area contributed by atoms with E-state index in [0.29, 0.717) is 24.9 Å². The first-order chi connectivity index (χ1) is 15.3. The lowest BCUT2D eigenvalue weighted by molar-refractivity contribution is 0.0518. The summed E-state index contributed by atoms with van der Waals surface area (Å²) in [5.41, 5.74) is -0.0935. The van der Waals surface area contributed by atoms with Gasteiger partial charge in [-0.25, -0.2) is 0 Å². The minimum atomic E-state index is -0.407. The summed E-state index contributed by atoms with van der Waals surface area (Å²) >= 11 is 0. The summed E-state index contributed by atoms with van der Waals surface area (Å²) in [5, 5.41) is 0. The van der Waals surface area contributed by atoms with Gasteiger partial charge in [-0.1, -0.05) is 46.0 Å². The van der Waals surface area contributed by atoms with Gasteiger partial charge in [0.25, 0.3) is 11.8 Å². The lowest BCUT2D eigenvalue weighted by Gasteiger charge is -2.41. The molecule has 6 nitrogen and oxygen atoms in total. The van der Waals surface area contributed by atoms with E-state index in [1.807, 2.05) is 9.47 Å². The van der Waals surface area contributed by atoms with Crippen molar-refractivity contribution in [1.29, 1.82) is 0 Å². The van der Waals surface area contributed by atoms with Crippen LogP contribution in [0.25, 0.3) is 0 Å². The standard InChI is InChI=1S/C26H39N3O3/c1-18(2)14-27(3)25(31)22-16-29(21-10-6-7-11-21)17-23(24(22)30)26(32)28-13-12-19-8-4-5-9-20(19)15-28/h16-21H,4-15H2,1-3H3/t19-,20-/m0/s1. The van der Waals surface area contributed by atoms with E-state index >= 15 is 0 Å². The molecule has 0 radical (unpaired) electrons. The Hall–Kier alpha value is -2.11. The minimum absolute atomic E-state index is 0.137. The number of piperidine rings is 1. The largest absolute Gasteiger partial charge is 0.349 e. The molecule has 0 bridgehead atoms. The molecule has 2 aliphatic carbocycles. The molecule has 0 aromatic carbocycles. The Bertz CT molecular complexity index is 900. The van der Waals surface area contributed by atoms with Crippen LogP contribution < -0.4 is 5.43 Å². The Morgan fingerprint density at radius 1 is 0.969 bits per heavy atom. The van der Waals surface area contributed by atoms with Gasteiger partial charge in [-0.15, -0.1) is 0 Å². The number of nitrogens with zero attached hydrogens (tertiary/aromatic N) is 3. The highest BCUT2D eigenvalue weighted by molar-refractivity contribution is 5.99. The summed E-state index contributed by atoms with van der Waals surface area (Å²) in [6, 6.07) is 0.258. The highest BCUT2D eigenvalue weighted by atomic mass is 16.2. The molecule has 32 heavy (non-hydrogen) atoms. The average Bonchev–Trinajstić information content (AvgIpc) is 3.32. The van der Waals surface area contributed by atoms with E-state index in [4.69, 9.17) is 0 Å². The van der Waals surface area contributed by atoms with E-state index in [1.165, 1.54) is 25.7 Å². The van der Waals surface area contributed by atoms with Crippen molar-refractivity contribution < 1.29 is 9.59 Å². The lowest BCUT2D eigenvalue weighted by Crippen LogP contribution is -2.46. The van der Waals surface area contributed by atoms with Gasteiger partial charge in [0.2, 0.25) is 5.43 Å². The molecule has 2 amide bonds. The van der Waals surface area contributed by atoms with Crippen molar-refractivity contribution in [1.82, 2.24) is 14.4 Å². The minimum Gasteiger partial charge on any atom is -0.349 e. The zero-order valence-electron chi connectivity index (χ0n) is 20.0. The van der Waals surface area contributed by atoms with Crippen molar-refractivity contribution in [3.8, 4) is 0 Å². The van der Waals surface area contributed by atoms with Crippen molar-refractivity contribution in [2.45, 2.75) is 77.7 Å². The van der Waals surface area contributed by atoms with Crippen LogP contribution in [0.4, 0.5) is 0 Å². The van der Waals surface area contributed by atoms with Crippen LogP contribution in [0.3, 0.4) is 0 Å². The van der Waals surface area contributed by atoms with Crippen LogP contribution in [0.5, 0.6) is 0 Å². The number of pyridine rings is 1. The first-order valence-electron chi connectivity index (χ1n) is 12.7. The van der Waals surface area contributed by atoms with Crippen LogP contribution in [-0.2, 0) is 0 Å². The molecule has 0 N–H and O–H groups in total. The van der Waals surface area contributed by atoms with E-state index in [2.05, 4.69) is 13.8 Å². The molecule has 1 aliphatic heterocycles. The maximum absolute atomic E-state index is 13.6. The lowest BCUT2D eigenvalue weighted by atomic mass is 9.75. The first-order valence-corrected chi connectivity index (χ1v) is 12.7. The summed E-state index contributed by atoms with van der Waals surface area (Å²) < 4.78 is 1.99. The van der Waals surface area contributed by atoms with Crippen molar-refractivity contribution in [3.05, 3.63) is 33.7 Å². The fourth-order valence-corrected chi connectivity index (χ4v) is 6.11. The number of hydrogen-bond donors (Lipinski definition) is 0. The second-order valence-electron chi connectivity index (χ2n) is 10.7. The zero-order chi connectivity index (χ0) is 22.8. The van der Waals surface area contributed by atoms with E-state index < -0.39 is 5.43 Å². The van der Waals surface area contributed by atoms with E-state index in [0.717, 1.165) is 44.6 Å². The number of rotatable bonds is 5. The van der Waals surface area contributed by atoms with Gasteiger partial charge in [-0.2, -0.15) is 0 Å². The summed E-state index contributed by atoms with van der Waals surface area (Å²) in [5.74, 6) is 1.12. The highest BCUT2D eigenvalue weighted by Gasteiger charge is 2.35. The molecule has 2 atom stereocenters. The maximum Gasteiger partial charge on any atom is 0.259 e. The highest BCUT2D eigenvalue weighted by Crippen LogP contribution is 2.36. The van der Waals surface area contributed by atoms with Gasteiger partial charge in [0, 0.05) is 45.1 Å². The van der Waals surface area contributed by atoms with Gasteiger partial charge in [0.1, 0.15) is 11.1 Å². The predicted molar refractivity (Wildman–Crippen MR) is 126 cm³/mol. The first kappa shape index (κ1) is 23.1. The molecular weight excluding hydrogens is 402 g/mol. The second-order valence-corrected chi connectivity index (χ2v) is 10.7. The van der Waals surface area contributed by atoms with Gasteiger partial charge in [-0.05, 0) is 43.4 Å². The van der Waals surface area contributed by atoms with Crippen molar-refractivity contribution in [2.24, 2.45) is 17.8 Å². The van der Waals surface area contributed by atoms with Crippen LogP contribution >= 0.6 is 0 Å². The number of likely N-dealkylation sites (tertiary alicyclic amines) is 1. The number of hydrogen-bond acceptors (Lipinski definition) is 3. The van der Waals surface area contributed by atoms with Crippen LogP contribution in [0, 0.1) is 17.8 Å². The van der Waals surface area contributed by atoms with Gasteiger partial charge in [-0.3, -0.25) is 14.4 Å². The molecule has 3 fully saturated rings. The smallest absolute Gasteiger partial charge is 0.259 e.